The lowest BCUT2D eigenvalue weighted by molar-refractivity contribution is 0.0229. The molecule has 2 aromatic rings. The van der Waals surface area contributed by atoms with E-state index < -0.39 is 6.10 Å². The SMILES string of the molecule is C#CCOCC(O)COc1ccc2ccccc2c1. The average Bonchev–Trinajstić information content (AvgIpc) is 2.45. The van der Waals surface area contributed by atoms with E-state index in [1.54, 1.807) is 0 Å². The van der Waals surface area contributed by atoms with Crippen molar-refractivity contribution in [3.63, 3.8) is 0 Å². The molecule has 0 aliphatic carbocycles. The molecular weight excluding hydrogens is 240 g/mol. The largest absolute Gasteiger partial charge is 0.491 e. The first-order valence-corrected chi connectivity index (χ1v) is 6.10. The van der Waals surface area contributed by atoms with Crippen LogP contribution in [0, 0.1) is 12.3 Å². The second-order valence-corrected chi connectivity index (χ2v) is 4.19. The topological polar surface area (TPSA) is 38.7 Å². The molecular formula is C16H16O3. The predicted octanol–water partition coefficient (Wildman–Crippen LogP) is 2.23. The van der Waals surface area contributed by atoms with Gasteiger partial charge in [-0.25, -0.2) is 0 Å². The molecule has 3 nitrogen and oxygen atoms in total. The maximum absolute atomic E-state index is 9.63. The van der Waals surface area contributed by atoms with Crippen molar-refractivity contribution in [2.75, 3.05) is 19.8 Å². The molecule has 0 radical (unpaired) electrons. The van der Waals surface area contributed by atoms with Crippen molar-refractivity contribution in [3.05, 3.63) is 42.5 Å². The number of aliphatic hydroxyl groups excluding tert-OH is 1. The molecule has 0 bridgehead atoms. The summed E-state index contributed by atoms with van der Waals surface area (Å²) in [6.07, 6.45) is 4.36. The molecule has 0 spiro atoms. The van der Waals surface area contributed by atoms with Gasteiger partial charge in [0.25, 0.3) is 0 Å². The van der Waals surface area contributed by atoms with Crippen molar-refractivity contribution in [1.29, 1.82) is 0 Å². The first kappa shape index (κ1) is 13.4. The van der Waals surface area contributed by atoms with E-state index in [0.717, 1.165) is 16.5 Å². The van der Waals surface area contributed by atoms with Gasteiger partial charge in [-0.1, -0.05) is 36.3 Å². The molecule has 98 valence electrons. The summed E-state index contributed by atoms with van der Waals surface area (Å²) >= 11 is 0. The van der Waals surface area contributed by atoms with Crippen molar-refractivity contribution in [2.45, 2.75) is 6.10 Å². The molecule has 0 fully saturated rings. The molecule has 0 saturated carbocycles. The van der Waals surface area contributed by atoms with Crippen LogP contribution in [-0.4, -0.2) is 31.0 Å². The maximum atomic E-state index is 9.63. The summed E-state index contributed by atoms with van der Waals surface area (Å²) in [5, 5.41) is 11.9. The molecule has 2 aromatic carbocycles. The zero-order chi connectivity index (χ0) is 13.5. The van der Waals surface area contributed by atoms with Crippen LogP contribution in [0.2, 0.25) is 0 Å². The quantitative estimate of drug-likeness (QED) is 0.636. The first-order valence-electron chi connectivity index (χ1n) is 6.10. The molecule has 1 N–H and O–H groups in total. The number of aliphatic hydroxyl groups is 1. The predicted molar refractivity (Wildman–Crippen MR) is 75.1 cm³/mol. The van der Waals surface area contributed by atoms with Gasteiger partial charge in [0, 0.05) is 0 Å². The van der Waals surface area contributed by atoms with Crippen LogP contribution in [-0.2, 0) is 4.74 Å². The van der Waals surface area contributed by atoms with E-state index >= 15 is 0 Å². The van der Waals surface area contributed by atoms with Crippen LogP contribution in [0.1, 0.15) is 0 Å². The third-order valence-electron chi connectivity index (χ3n) is 2.66. The minimum atomic E-state index is -0.681. The number of hydrogen-bond donors (Lipinski definition) is 1. The lowest BCUT2D eigenvalue weighted by atomic mass is 10.1. The molecule has 0 aliphatic rings. The zero-order valence-electron chi connectivity index (χ0n) is 10.6. The third-order valence-corrected chi connectivity index (χ3v) is 2.66. The zero-order valence-corrected chi connectivity index (χ0v) is 10.6. The van der Waals surface area contributed by atoms with E-state index in [-0.39, 0.29) is 19.8 Å². The maximum Gasteiger partial charge on any atom is 0.120 e. The minimum absolute atomic E-state index is 0.178. The van der Waals surface area contributed by atoms with E-state index in [1.165, 1.54) is 0 Å². The fourth-order valence-corrected chi connectivity index (χ4v) is 1.75. The smallest absolute Gasteiger partial charge is 0.120 e. The Kier molecular flexibility index (Phi) is 4.79. The van der Waals surface area contributed by atoms with Crippen molar-refractivity contribution in [2.24, 2.45) is 0 Å². The van der Waals surface area contributed by atoms with Gasteiger partial charge in [-0.15, -0.1) is 6.42 Å². The number of ether oxygens (including phenoxy) is 2. The second-order valence-electron chi connectivity index (χ2n) is 4.19. The van der Waals surface area contributed by atoms with Crippen molar-refractivity contribution in [3.8, 4) is 18.1 Å². The van der Waals surface area contributed by atoms with Gasteiger partial charge in [0.15, 0.2) is 0 Å². The van der Waals surface area contributed by atoms with Gasteiger partial charge in [0.05, 0.1) is 6.61 Å². The van der Waals surface area contributed by atoms with Crippen molar-refractivity contribution in [1.82, 2.24) is 0 Å². The van der Waals surface area contributed by atoms with Gasteiger partial charge < -0.3 is 14.6 Å². The fraction of sp³-hybridized carbons (Fsp3) is 0.250. The molecule has 0 aromatic heterocycles. The van der Waals surface area contributed by atoms with Crippen molar-refractivity contribution >= 4 is 10.8 Å². The standard InChI is InChI=1S/C16H16O3/c1-2-9-18-11-15(17)12-19-16-8-7-13-5-3-4-6-14(13)10-16/h1,3-8,10,15,17H,9,11-12H2. The Morgan fingerprint density at radius 2 is 1.89 bits per heavy atom. The summed E-state index contributed by atoms with van der Waals surface area (Å²) in [5.41, 5.74) is 0. The summed E-state index contributed by atoms with van der Waals surface area (Å²) in [6, 6.07) is 13.9. The van der Waals surface area contributed by atoms with Crippen LogP contribution in [0.15, 0.2) is 42.5 Å². The van der Waals surface area contributed by atoms with E-state index in [0.29, 0.717) is 0 Å². The Balaban J connectivity index is 1.89. The second kappa shape index (κ2) is 6.79. The van der Waals surface area contributed by atoms with Gasteiger partial charge in [-0.2, -0.15) is 0 Å². The van der Waals surface area contributed by atoms with Crippen LogP contribution in [0.25, 0.3) is 10.8 Å². The summed E-state index contributed by atoms with van der Waals surface area (Å²) in [6.45, 7) is 0.563. The molecule has 19 heavy (non-hydrogen) atoms. The molecule has 2 rings (SSSR count). The normalized spacial score (nSPS) is 12.0. The van der Waals surface area contributed by atoms with Crippen LogP contribution >= 0.6 is 0 Å². The highest BCUT2D eigenvalue weighted by atomic mass is 16.5. The number of hydrogen-bond acceptors (Lipinski definition) is 3. The van der Waals surface area contributed by atoms with Gasteiger partial charge in [-0.05, 0) is 22.9 Å². The summed E-state index contributed by atoms with van der Waals surface area (Å²) < 4.78 is 10.6. The lowest BCUT2D eigenvalue weighted by Gasteiger charge is -2.12. The highest BCUT2D eigenvalue weighted by Gasteiger charge is 2.05. The van der Waals surface area contributed by atoms with Crippen molar-refractivity contribution < 1.29 is 14.6 Å². The van der Waals surface area contributed by atoms with Gasteiger partial charge in [0.2, 0.25) is 0 Å². The van der Waals surface area contributed by atoms with E-state index in [9.17, 15) is 5.11 Å². The Labute approximate surface area is 112 Å². The Bertz CT molecular complexity index is 571. The first-order chi connectivity index (χ1) is 9.29. The van der Waals surface area contributed by atoms with Crippen LogP contribution in [0.3, 0.4) is 0 Å². The molecule has 3 heteroatoms. The van der Waals surface area contributed by atoms with E-state index in [2.05, 4.69) is 5.92 Å². The lowest BCUT2D eigenvalue weighted by Crippen LogP contribution is -2.23. The molecule has 1 unspecified atom stereocenters. The highest BCUT2D eigenvalue weighted by molar-refractivity contribution is 5.83. The molecule has 0 saturated heterocycles. The molecule has 0 heterocycles. The fourth-order valence-electron chi connectivity index (χ4n) is 1.75. The minimum Gasteiger partial charge on any atom is -0.491 e. The number of fused-ring (bicyclic) bond motifs is 1. The van der Waals surface area contributed by atoms with E-state index in [4.69, 9.17) is 15.9 Å². The van der Waals surface area contributed by atoms with Gasteiger partial charge >= 0.3 is 0 Å². The monoisotopic (exact) mass is 256 g/mol. The number of rotatable bonds is 6. The Morgan fingerprint density at radius 1 is 1.11 bits per heavy atom. The Morgan fingerprint density at radius 3 is 2.68 bits per heavy atom. The highest BCUT2D eigenvalue weighted by Crippen LogP contribution is 2.20. The van der Waals surface area contributed by atoms with Gasteiger partial charge in [-0.3, -0.25) is 0 Å². The van der Waals surface area contributed by atoms with Gasteiger partial charge in [0.1, 0.15) is 25.1 Å². The molecule has 1 atom stereocenters. The summed E-state index contributed by atoms with van der Waals surface area (Å²) in [5.74, 6) is 3.07. The number of terminal acetylenes is 1. The summed E-state index contributed by atoms with van der Waals surface area (Å²) in [7, 11) is 0. The average molecular weight is 256 g/mol. The van der Waals surface area contributed by atoms with Crippen LogP contribution in [0.5, 0.6) is 5.75 Å². The van der Waals surface area contributed by atoms with Crippen LogP contribution < -0.4 is 4.74 Å². The summed E-state index contributed by atoms with van der Waals surface area (Å²) in [4.78, 5) is 0. The Hall–Kier alpha value is -2.02. The number of benzene rings is 2. The molecule has 0 amide bonds. The van der Waals surface area contributed by atoms with E-state index in [1.807, 2.05) is 42.5 Å². The molecule has 0 aliphatic heterocycles. The van der Waals surface area contributed by atoms with Crippen LogP contribution in [0.4, 0.5) is 0 Å². The third kappa shape index (κ3) is 3.99.